The van der Waals surface area contributed by atoms with Crippen LogP contribution in [0.15, 0.2) is 29.2 Å². The van der Waals surface area contributed by atoms with Gasteiger partial charge in [-0.3, -0.25) is 9.89 Å². The van der Waals surface area contributed by atoms with E-state index >= 15 is 0 Å². The number of allylic oxidation sites excluding steroid dienone is 1. The van der Waals surface area contributed by atoms with Gasteiger partial charge in [0.15, 0.2) is 0 Å². The van der Waals surface area contributed by atoms with Gasteiger partial charge in [-0.15, -0.1) is 0 Å². The average Bonchev–Trinajstić information content (AvgIpc) is 2.19. The summed E-state index contributed by atoms with van der Waals surface area (Å²) in [5.74, 6) is 0. The standard InChI is InChI=1S/C12H21N3O/c1-10(2)15-7-12(13-6-11(15)3)8-16-9-14(4)5/h6-7,10H,3,8-9H2,1-2,4-5H3. The number of nitrogens with zero attached hydrogens (tertiary/aromatic N) is 3. The van der Waals surface area contributed by atoms with Gasteiger partial charge in [0.05, 0.1) is 30.9 Å². The summed E-state index contributed by atoms with van der Waals surface area (Å²) in [4.78, 5) is 8.37. The van der Waals surface area contributed by atoms with Gasteiger partial charge in [-0.25, -0.2) is 0 Å². The topological polar surface area (TPSA) is 28.1 Å². The molecule has 0 saturated heterocycles. The number of ether oxygens (including phenoxy) is 1. The predicted molar refractivity (Wildman–Crippen MR) is 67.2 cm³/mol. The van der Waals surface area contributed by atoms with Crippen LogP contribution in [0.25, 0.3) is 0 Å². The molecule has 4 nitrogen and oxygen atoms in total. The summed E-state index contributed by atoms with van der Waals surface area (Å²) in [7, 11) is 3.95. The highest BCUT2D eigenvalue weighted by atomic mass is 16.5. The lowest BCUT2D eigenvalue weighted by atomic mass is 10.2. The zero-order valence-electron chi connectivity index (χ0n) is 10.6. The Kier molecular flexibility index (Phi) is 4.71. The van der Waals surface area contributed by atoms with Crippen LogP contribution >= 0.6 is 0 Å². The first kappa shape index (κ1) is 12.9. The third-order valence-corrected chi connectivity index (χ3v) is 2.15. The molecule has 1 aliphatic rings. The molecule has 0 radical (unpaired) electrons. The number of rotatable bonds is 5. The third kappa shape index (κ3) is 3.79. The fourth-order valence-corrected chi connectivity index (χ4v) is 1.39. The van der Waals surface area contributed by atoms with Crippen molar-refractivity contribution in [1.29, 1.82) is 0 Å². The molecule has 1 aliphatic heterocycles. The van der Waals surface area contributed by atoms with Crippen molar-refractivity contribution >= 4 is 6.21 Å². The van der Waals surface area contributed by atoms with Gasteiger partial charge in [0, 0.05) is 12.2 Å². The second-order valence-corrected chi connectivity index (χ2v) is 4.43. The van der Waals surface area contributed by atoms with Crippen LogP contribution in [-0.2, 0) is 4.74 Å². The van der Waals surface area contributed by atoms with Gasteiger partial charge < -0.3 is 9.64 Å². The second-order valence-electron chi connectivity index (χ2n) is 4.43. The highest BCUT2D eigenvalue weighted by Gasteiger charge is 2.13. The van der Waals surface area contributed by atoms with Crippen molar-refractivity contribution in [3.05, 3.63) is 24.2 Å². The molecule has 0 fully saturated rings. The number of hydrogen-bond acceptors (Lipinski definition) is 4. The Labute approximate surface area is 97.9 Å². The molecule has 0 unspecified atom stereocenters. The van der Waals surface area contributed by atoms with Crippen molar-refractivity contribution in [2.24, 2.45) is 4.99 Å². The van der Waals surface area contributed by atoms with E-state index in [4.69, 9.17) is 4.74 Å². The van der Waals surface area contributed by atoms with Crippen LogP contribution in [0.2, 0.25) is 0 Å². The maximum absolute atomic E-state index is 5.49. The summed E-state index contributed by atoms with van der Waals surface area (Å²) in [5.41, 5.74) is 1.86. The number of hydrogen-bond donors (Lipinski definition) is 0. The molecular formula is C12H21N3O. The molecular weight excluding hydrogens is 202 g/mol. The maximum atomic E-state index is 5.49. The molecule has 4 heteroatoms. The van der Waals surface area contributed by atoms with Crippen LogP contribution in [0.4, 0.5) is 0 Å². The van der Waals surface area contributed by atoms with E-state index < -0.39 is 0 Å². The van der Waals surface area contributed by atoms with Gasteiger partial charge in [-0.05, 0) is 27.9 Å². The van der Waals surface area contributed by atoms with E-state index in [0.717, 1.165) is 11.4 Å². The fourth-order valence-electron chi connectivity index (χ4n) is 1.39. The molecule has 0 aromatic carbocycles. The smallest absolute Gasteiger partial charge is 0.0990 e. The molecule has 0 bridgehead atoms. The lowest BCUT2D eigenvalue weighted by Gasteiger charge is -2.28. The van der Waals surface area contributed by atoms with Crippen LogP contribution in [0, 0.1) is 0 Å². The molecule has 0 saturated carbocycles. The SMILES string of the molecule is C=C1C=NC(COCN(C)C)=CN1C(C)C. The van der Waals surface area contributed by atoms with E-state index in [-0.39, 0.29) is 0 Å². The summed E-state index contributed by atoms with van der Waals surface area (Å²) in [5, 5.41) is 0. The summed E-state index contributed by atoms with van der Waals surface area (Å²) >= 11 is 0. The largest absolute Gasteiger partial charge is 0.360 e. The van der Waals surface area contributed by atoms with Gasteiger partial charge in [0.2, 0.25) is 0 Å². The summed E-state index contributed by atoms with van der Waals surface area (Å²) in [6.45, 7) is 9.33. The molecule has 0 spiro atoms. The molecule has 0 aliphatic carbocycles. The van der Waals surface area contributed by atoms with Crippen molar-refractivity contribution in [2.45, 2.75) is 19.9 Å². The number of aliphatic imine (C=N–C) groups is 1. The van der Waals surface area contributed by atoms with E-state index in [1.54, 1.807) is 6.21 Å². The zero-order chi connectivity index (χ0) is 12.1. The Hall–Kier alpha value is -1.13. The summed E-state index contributed by atoms with van der Waals surface area (Å²) in [6, 6.07) is 0.392. The van der Waals surface area contributed by atoms with Crippen molar-refractivity contribution in [3.63, 3.8) is 0 Å². The molecule has 1 rings (SSSR count). The normalized spacial score (nSPS) is 16.2. The predicted octanol–water partition coefficient (Wildman–Crippen LogP) is 1.67. The first-order chi connectivity index (χ1) is 7.50. The lowest BCUT2D eigenvalue weighted by molar-refractivity contribution is 0.0698. The van der Waals surface area contributed by atoms with Crippen LogP contribution < -0.4 is 0 Å². The maximum Gasteiger partial charge on any atom is 0.0990 e. The molecule has 0 aromatic rings. The van der Waals surface area contributed by atoms with Gasteiger partial charge in [0.25, 0.3) is 0 Å². The van der Waals surface area contributed by atoms with E-state index in [2.05, 4.69) is 30.3 Å². The van der Waals surface area contributed by atoms with Crippen molar-refractivity contribution in [3.8, 4) is 0 Å². The van der Waals surface area contributed by atoms with Crippen LogP contribution in [0.3, 0.4) is 0 Å². The quantitative estimate of drug-likeness (QED) is 0.664. The molecule has 0 atom stereocenters. The molecule has 1 heterocycles. The Morgan fingerprint density at radius 2 is 2.19 bits per heavy atom. The molecule has 0 aromatic heterocycles. The zero-order valence-corrected chi connectivity index (χ0v) is 10.6. The van der Waals surface area contributed by atoms with Gasteiger partial charge >= 0.3 is 0 Å². The van der Waals surface area contributed by atoms with E-state index in [1.807, 2.05) is 25.2 Å². The van der Waals surface area contributed by atoms with Gasteiger partial charge in [0.1, 0.15) is 0 Å². The summed E-state index contributed by atoms with van der Waals surface area (Å²) in [6.07, 6.45) is 3.79. The Morgan fingerprint density at radius 1 is 1.50 bits per heavy atom. The Bertz CT molecular complexity index is 305. The first-order valence-electron chi connectivity index (χ1n) is 5.45. The van der Waals surface area contributed by atoms with Gasteiger partial charge in [-0.2, -0.15) is 0 Å². The molecule has 0 amide bonds. The molecule has 0 N–H and O–H groups in total. The Balaban J connectivity index is 2.51. The minimum Gasteiger partial charge on any atom is -0.360 e. The fraction of sp³-hybridized carbons (Fsp3) is 0.583. The first-order valence-corrected chi connectivity index (χ1v) is 5.45. The van der Waals surface area contributed by atoms with Crippen LogP contribution in [-0.4, -0.2) is 49.5 Å². The monoisotopic (exact) mass is 223 g/mol. The van der Waals surface area contributed by atoms with E-state index in [9.17, 15) is 0 Å². The molecule has 16 heavy (non-hydrogen) atoms. The lowest BCUT2D eigenvalue weighted by Crippen LogP contribution is -2.28. The van der Waals surface area contributed by atoms with E-state index in [1.165, 1.54) is 0 Å². The van der Waals surface area contributed by atoms with Crippen LogP contribution in [0.5, 0.6) is 0 Å². The molecule has 90 valence electrons. The highest BCUT2D eigenvalue weighted by molar-refractivity contribution is 5.79. The third-order valence-electron chi connectivity index (χ3n) is 2.15. The average molecular weight is 223 g/mol. The highest BCUT2D eigenvalue weighted by Crippen LogP contribution is 2.15. The minimum atomic E-state index is 0.392. The van der Waals surface area contributed by atoms with Gasteiger partial charge in [-0.1, -0.05) is 6.58 Å². The van der Waals surface area contributed by atoms with Crippen LogP contribution in [0.1, 0.15) is 13.8 Å². The second kappa shape index (κ2) is 5.82. The van der Waals surface area contributed by atoms with Crippen molar-refractivity contribution < 1.29 is 4.74 Å². The summed E-state index contributed by atoms with van der Waals surface area (Å²) < 4.78 is 5.49. The Morgan fingerprint density at radius 3 is 2.75 bits per heavy atom. The minimum absolute atomic E-state index is 0.392. The van der Waals surface area contributed by atoms with Crippen molar-refractivity contribution in [2.75, 3.05) is 27.4 Å². The van der Waals surface area contributed by atoms with Crippen molar-refractivity contribution in [1.82, 2.24) is 9.80 Å². The van der Waals surface area contributed by atoms with E-state index in [0.29, 0.717) is 19.4 Å².